The number of carbonyl (C=O) groups is 3. The van der Waals surface area contributed by atoms with Crippen molar-refractivity contribution in [3.8, 4) is 5.75 Å². The van der Waals surface area contributed by atoms with Gasteiger partial charge >= 0.3 is 12.0 Å². The van der Waals surface area contributed by atoms with Crippen LogP contribution in [0.5, 0.6) is 5.75 Å². The maximum atomic E-state index is 13.4. The number of hydrogen-bond donors (Lipinski definition) is 4. The largest absolute Gasteiger partial charge is 0.491 e. The Kier molecular flexibility index (Phi) is 9.62. The van der Waals surface area contributed by atoms with Gasteiger partial charge in [-0.05, 0) is 68.0 Å². The van der Waals surface area contributed by atoms with E-state index in [0.29, 0.717) is 17.9 Å². The van der Waals surface area contributed by atoms with E-state index in [1.807, 2.05) is 38.1 Å². The molecule has 4 N–H and O–H groups in total. The number of benzene rings is 3. The van der Waals surface area contributed by atoms with Crippen molar-refractivity contribution in [2.45, 2.75) is 70.9 Å². The molecule has 1 aliphatic carbocycles. The quantitative estimate of drug-likeness (QED) is 0.254. The molecule has 3 aromatic carbocycles. The first-order valence-corrected chi connectivity index (χ1v) is 13.8. The summed E-state index contributed by atoms with van der Waals surface area (Å²) >= 11 is 0. The summed E-state index contributed by atoms with van der Waals surface area (Å²) in [5, 5.41) is 24.9. The van der Waals surface area contributed by atoms with Gasteiger partial charge in [-0.15, -0.1) is 0 Å². The summed E-state index contributed by atoms with van der Waals surface area (Å²) in [4.78, 5) is 39.0. The molecule has 3 atom stereocenters. The Bertz CT molecular complexity index is 1370. The first-order valence-electron chi connectivity index (χ1n) is 13.8. The molecule has 9 nitrogen and oxygen atoms in total. The van der Waals surface area contributed by atoms with Crippen LogP contribution < -0.4 is 15.4 Å². The lowest BCUT2D eigenvalue weighted by Gasteiger charge is -2.39. The van der Waals surface area contributed by atoms with Crippen LogP contribution in [-0.4, -0.2) is 57.3 Å². The molecule has 0 fully saturated rings. The number of anilines is 1. The van der Waals surface area contributed by atoms with E-state index in [0.717, 1.165) is 11.1 Å². The van der Waals surface area contributed by atoms with Crippen molar-refractivity contribution in [1.82, 2.24) is 10.2 Å². The van der Waals surface area contributed by atoms with Gasteiger partial charge in [0.25, 0.3) is 0 Å². The molecule has 5 rings (SSSR count). The number of carbonyl (C=O) groups excluding carboxylic acids is 2. The minimum Gasteiger partial charge on any atom is -0.491 e. The number of carboxylic acid groups (broad SMARTS) is 1. The van der Waals surface area contributed by atoms with Gasteiger partial charge in [0.15, 0.2) is 0 Å². The molecule has 1 heterocycles. The lowest BCUT2D eigenvalue weighted by atomic mass is 9.91. The molecule has 0 radical (unpaired) electrons. The second kappa shape index (κ2) is 13.3. The number of rotatable bonds is 8. The van der Waals surface area contributed by atoms with Gasteiger partial charge in [-0.3, -0.25) is 9.59 Å². The molecular weight excluding hydrogens is 522 g/mol. The van der Waals surface area contributed by atoms with Gasteiger partial charge in [-0.2, -0.15) is 0 Å². The number of hydrogen-bond acceptors (Lipinski definition) is 5. The maximum absolute atomic E-state index is 13.4. The summed E-state index contributed by atoms with van der Waals surface area (Å²) < 4.78 is 5.63. The number of amides is 3. The van der Waals surface area contributed by atoms with Gasteiger partial charge in [0.05, 0.1) is 18.6 Å². The number of nitrogens with one attached hydrogen (secondary N) is 2. The van der Waals surface area contributed by atoms with E-state index in [4.69, 9.17) is 4.74 Å². The first kappa shape index (κ1) is 29.6. The van der Waals surface area contributed by atoms with Crippen molar-refractivity contribution in [1.29, 1.82) is 0 Å². The highest BCUT2D eigenvalue weighted by molar-refractivity contribution is 5.94. The molecule has 2 unspecified atom stereocenters. The van der Waals surface area contributed by atoms with Crippen LogP contribution in [0.2, 0.25) is 0 Å². The Morgan fingerprint density at radius 3 is 2.15 bits per heavy atom. The van der Waals surface area contributed by atoms with E-state index < -0.39 is 36.1 Å². The van der Waals surface area contributed by atoms with E-state index in [9.17, 15) is 24.6 Å². The highest BCUT2D eigenvalue weighted by atomic mass is 16.5. The third-order valence-corrected chi connectivity index (χ3v) is 6.92. The minimum absolute atomic E-state index is 0.0326. The Hall–Kier alpha value is -4.37. The van der Waals surface area contributed by atoms with Crippen molar-refractivity contribution in [2.24, 2.45) is 0 Å². The minimum atomic E-state index is -1.25. The fourth-order valence-electron chi connectivity index (χ4n) is 4.86. The Morgan fingerprint density at radius 1 is 0.927 bits per heavy atom. The zero-order chi connectivity index (χ0) is 29.5. The molecule has 0 bridgehead atoms. The molecule has 216 valence electrons. The number of aliphatic hydroxyl groups excluding tert-OH is 1. The fraction of sp³-hybridized carbons (Fsp3) is 0.344. The van der Waals surface area contributed by atoms with Crippen LogP contribution >= 0.6 is 0 Å². The van der Waals surface area contributed by atoms with Gasteiger partial charge in [-0.25, -0.2) is 4.79 Å². The number of carboxylic acids is 1. The van der Waals surface area contributed by atoms with Crippen LogP contribution in [0, 0.1) is 0 Å². The summed E-state index contributed by atoms with van der Waals surface area (Å²) in [6, 6.07) is 20.4. The molecule has 3 amide bonds. The summed E-state index contributed by atoms with van der Waals surface area (Å²) in [6.45, 7) is 5.39. The van der Waals surface area contributed by atoms with Gasteiger partial charge in [0, 0.05) is 24.3 Å². The van der Waals surface area contributed by atoms with E-state index >= 15 is 0 Å². The molecule has 1 aliphatic heterocycles. The summed E-state index contributed by atoms with van der Waals surface area (Å²) in [6.07, 6.45) is 0.163. The van der Waals surface area contributed by atoms with Gasteiger partial charge in [-0.1, -0.05) is 54.6 Å². The molecule has 0 saturated heterocycles. The van der Waals surface area contributed by atoms with Crippen molar-refractivity contribution < 1.29 is 29.3 Å². The van der Waals surface area contributed by atoms with E-state index in [1.54, 1.807) is 24.3 Å². The highest BCUT2D eigenvalue weighted by Crippen LogP contribution is 2.27. The molecular formula is C32H37N3O6. The number of nitrogens with zero attached hydrogens (tertiary/aromatic N) is 1. The Labute approximate surface area is 240 Å². The van der Waals surface area contributed by atoms with E-state index in [-0.39, 0.29) is 19.1 Å². The average molecular weight is 560 g/mol. The number of aliphatic hydroxyl groups is 1. The molecule has 41 heavy (non-hydrogen) atoms. The van der Waals surface area contributed by atoms with Crippen molar-refractivity contribution in [2.75, 3.05) is 5.32 Å². The normalized spacial score (nSPS) is 16.2. The lowest BCUT2D eigenvalue weighted by molar-refractivity contribution is -0.143. The smallest absolute Gasteiger partial charge is 0.319 e. The van der Waals surface area contributed by atoms with Crippen molar-refractivity contribution >= 4 is 23.6 Å². The number of urea groups is 1. The van der Waals surface area contributed by atoms with Crippen LogP contribution in [0.15, 0.2) is 72.8 Å². The number of aliphatic carboxylic acids is 1. The highest BCUT2D eigenvalue weighted by Gasteiger charge is 2.37. The standard InChI is InChI=1S/C25H31N3O6.C7H6/c1-15(2)34-21-10-6-9-19(12-21)26-25(33)27-23(16(3)29)24(32)28-14-18-8-5-4-7-17(18)11-20(28)13-22(30)31;1-2-4-7-5-6(7)3-1/h4-10,12,15-16,20,23,29H,11,13-14H2,1-3H3,(H,30,31)(H2,26,27,33);1-4H,5H2/t16?,20-,23?;/m1./s1. The molecule has 0 aromatic heterocycles. The van der Waals surface area contributed by atoms with Crippen LogP contribution in [0.3, 0.4) is 0 Å². The van der Waals surface area contributed by atoms with Crippen molar-refractivity contribution in [3.63, 3.8) is 0 Å². The zero-order valence-electron chi connectivity index (χ0n) is 23.5. The molecule has 9 heteroatoms. The van der Waals surface area contributed by atoms with Crippen LogP contribution in [0.1, 0.15) is 49.4 Å². The molecule has 0 spiro atoms. The van der Waals surface area contributed by atoms with Crippen LogP contribution in [0.25, 0.3) is 0 Å². The zero-order valence-corrected chi connectivity index (χ0v) is 23.5. The predicted molar refractivity (Wildman–Crippen MR) is 156 cm³/mol. The Balaban J connectivity index is 0.000000473. The van der Waals surface area contributed by atoms with Gasteiger partial charge in [0.2, 0.25) is 5.91 Å². The average Bonchev–Trinajstić information content (AvgIpc) is 3.71. The molecule has 0 saturated carbocycles. The van der Waals surface area contributed by atoms with Crippen LogP contribution in [-0.2, 0) is 29.0 Å². The summed E-state index contributed by atoms with van der Waals surface area (Å²) in [5.74, 6) is -0.979. The van der Waals surface area contributed by atoms with Gasteiger partial charge < -0.3 is 30.5 Å². The van der Waals surface area contributed by atoms with Crippen LogP contribution in [0.4, 0.5) is 10.5 Å². The van der Waals surface area contributed by atoms with E-state index in [1.165, 1.54) is 29.4 Å². The summed E-state index contributed by atoms with van der Waals surface area (Å²) in [7, 11) is 0. The topological polar surface area (TPSA) is 128 Å². The monoisotopic (exact) mass is 559 g/mol. The van der Waals surface area contributed by atoms with Crippen molar-refractivity contribution in [3.05, 3.63) is 95.1 Å². The third kappa shape index (κ3) is 8.31. The Morgan fingerprint density at radius 2 is 1.56 bits per heavy atom. The SMILES string of the molecule is CC(C)Oc1cccc(NC(=O)NC(C(=O)N2Cc3ccccc3C[C@@H]2CC(=O)O)C(C)O)c1.c1ccc2c(c1)C2. The first-order chi connectivity index (χ1) is 19.6. The number of ether oxygens (including phenoxy) is 1. The lowest BCUT2D eigenvalue weighted by Crippen LogP contribution is -2.58. The molecule has 3 aromatic rings. The third-order valence-electron chi connectivity index (χ3n) is 6.92. The number of fused-ring (bicyclic) bond motifs is 2. The van der Waals surface area contributed by atoms with E-state index in [2.05, 4.69) is 34.9 Å². The summed E-state index contributed by atoms with van der Waals surface area (Å²) in [5.41, 5.74) is 5.42. The van der Waals surface area contributed by atoms with Gasteiger partial charge in [0.1, 0.15) is 11.8 Å². The second-order valence-corrected chi connectivity index (χ2v) is 10.6. The maximum Gasteiger partial charge on any atom is 0.319 e. The molecule has 2 aliphatic rings. The fourth-order valence-corrected chi connectivity index (χ4v) is 4.86. The predicted octanol–water partition coefficient (Wildman–Crippen LogP) is 4.36. The second-order valence-electron chi connectivity index (χ2n) is 10.6.